The SMILES string of the molecule is CN=C(NCCCOCC1CC1)NCC1CCN(Cc2ccccc2F)CC1.I. The van der Waals surface area contributed by atoms with Crippen LogP contribution in [0.5, 0.6) is 0 Å². The molecule has 1 aromatic carbocycles. The van der Waals surface area contributed by atoms with Gasteiger partial charge in [-0.05, 0) is 63.1 Å². The summed E-state index contributed by atoms with van der Waals surface area (Å²) in [6, 6.07) is 7.09. The van der Waals surface area contributed by atoms with Crippen LogP contribution in [0.25, 0.3) is 0 Å². The van der Waals surface area contributed by atoms with Crippen LogP contribution < -0.4 is 10.6 Å². The van der Waals surface area contributed by atoms with E-state index in [1.807, 2.05) is 19.2 Å². The van der Waals surface area contributed by atoms with Gasteiger partial charge in [0.1, 0.15) is 5.82 Å². The zero-order chi connectivity index (χ0) is 19.6. The number of guanidine groups is 1. The maximum Gasteiger partial charge on any atom is 0.190 e. The highest BCUT2D eigenvalue weighted by molar-refractivity contribution is 14.0. The summed E-state index contributed by atoms with van der Waals surface area (Å²) >= 11 is 0. The molecule has 1 aliphatic carbocycles. The molecular formula is C22H36FIN4O. The van der Waals surface area contributed by atoms with Gasteiger partial charge in [-0.3, -0.25) is 9.89 Å². The fraction of sp³-hybridized carbons (Fsp3) is 0.682. The van der Waals surface area contributed by atoms with Gasteiger partial charge in [-0.25, -0.2) is 4.39 Å². The normalized spacial score (nSPS) is 18.3. The lowest BCUT2D eigenvalue weighted by Gasteiger charge is -2.32. The maximum atomic E-state index is 13.8. The number of halogens is 2. The van der Waals surface area contributed by atoms with Crippen molar-refractivity contribution >= 4 is 29.9 Å². The van der Waals surface area contributed by atoms with Crippen molar-refractivity contribution in [2.24, 2.45) is 16.8 Å². The number of likely N-dealkylation sites (tertiary alicyclic amines) is 1. The third kappa shape index (κ3) is 9.17. The lowest BCUT2D eigenvalue weighted by atomic mass is 9.96. The first-order valence-corrected chi connectivity index (χ1v) is 10.7. The van der Waals surface area contributed by atoms with Crippen LogP contribution in [0.1, 0.15) is 37.7 Å². The first-order chi connectivity index (χ1) is 13.7. The summed E-state index contributed by atoms with van der Waals surface area (Å²) in [7, 11) is 1.82. The zero-order valence-electron chi connectivity index (χ0n) is 17.5. The maximum absolute atomic E-state index is 13.8. The molecule has 1 heterocycles. The molecule has 0 unspecified atom stereocenters. The molecule has 2 N–H and O–H groups in total. The van der Waals surface area contributed by atoms with Crippen LogP contribution in [0.2, 0.25) is 0 Å². The smallest absolute Gasteiger partial charge is 0.190 e. The summed E-state index contributed by atoms with van der Waals surface area (Å²) in [6.45, 7) is 6.31. The summed E-state index contributed by atoms with van der Waals surface area (Å²) in [5.41, 5.74) is 0.796. The number of benzene rings is 1. The van der Waals surface area contributed by atoms with Gasteiger partial charge in [0.2, 0.25) is 0 Å². The molecule has 1 saturated heterocycles. The number of hydrogen-bond acceptors (Lipinski definition) is 3. The summed E-state index contributed by atoms with van der Waals surface area (Å²) in [4.78, 5) is 6.66. The lowest BCUT2D eigenvalue weighted by molar-refractivity contribution is 0.123. The fourth-order valence-electron chi connectivity index (χ4n) is 3.59. The van der Waals surface area contributed by atoms with Crippen LogP contribution in [0.4, 0.5) is 4.39 Å². The van der Waals surface area contributed by atoms with Crippen LogP contribution in [0.3, 0.4) is 0 Å². The van der Waals surface area contributed by atoms with Gasteiger partial charge in [-0.2, -0.15) is 0 Å². The van der Waals surface area contributed by atoms with Crippen LogP contribution >= 0.6 is 24.0 Å². The average molecular weight is 518 g/mol. The van der Waals surface area contributed by atoms with E-state index in [0.29, 0.717) is 12.5 Å². The van der Waals surface area contributed by atoms with Crippen molar-refractivity contribution < 1.29 is 9.13 Å². The predicted molar refractivity (Wildman–Crippen MR) is 127 cm³/mol. The lowest BCUT2D eigenvalue weighted by Crippen LogP contribution is -2.43. The zero-order valence-corrected chi connectivity index (χ0v) is 19.9. The van der Waals surface area contributed by atoms with E-state index in [1.165, 1.54) is 12.8 Å². The third-order valence-corrected chi connectivity index (χ3v) is 5.65. The average Bonchev–Trinajstić information content (AvgIpc) is 3.54. The quantitative estimate of drug-likeness (QED) is 0.215. The first-order valence-electron chi connectivity index (χ1n) is 10.7. The van der Waals surface area contributed by atoms with E-state index in [9.17, 15) is 4.39 Å². The van der Waals surface area contributed by atoms with E-state index in [4.69, 9.17) is 4.74 Å². The second-order valence-electron chi connectivity index (χ2n) is 8.06. The van der Waals surface area contributed by atoms with E-state index in [1.54, 1.807) is 12.1 Å². The number of ether oxygens (including phenoxy) is 1. The molecule has 0 radical (unpaired) electrons. The minimum Gasteiger partial charge on any atom is -0.381 e. The third-order valence-electron chi connectivity index (χ3n) is 5.65. The Morgan fingerprint density at radius 3 is 2.59 bits per heavy atom. The highest BCUT2D eigenvalue weighted by Crippen LogP contribution is 2.28. The molecule has 5 nitrogen and oxygen atoms in total. The second kappa shape index (κ2) is 13.4. The van der Waals surface area contributed by atoms with Gasteiger partial charge < -0.3 is 15.4 Å². The molecule has 0 spiro atoms. The van der Waals surface area contributed by atoms with Crippen molar-refractivity contribution in [1.82, 2.24) is 15.5 Å². The minimum atomic E-state index is -0.0981. The molecule has 7 heteroatoms. The van der Waals surface area contributed by atoms with E-state index in [-0.39, 0.29) is 29.8 Å². The molecule has 0 aromatic heterocycles. The number of nitrogens with zero attached hydrogens (tertiary/aromatic N) is 2. The van der Waals surface area contributed by atoms with Crippen molar-refractivity contribution in [2.45, 2.75) is 38.6 Å². The Hall–Kier alpha value is -0.930. The molecule has 1 saturated carbocycles. The molecule has 0 amide bonds. The van der Waals surface area contributed by atoms with Crippen molar-refractivity contribution in [1.29, 1.82) is 0 Å². The number of rotatable bonds is 10. The highest BCUT2D eigenvalue weighted by Gasteiger charge is 2.21. The number of piperidine rings is 1. The van der Waals surface area contributed by atoms with Crippen molar-refractivity contribution in [3.8, 4) is 0 Å². The second-order valence-corrected chi connectivity index (χ2v) is 8.06. The fourth-order valence-corrected chi connectivity index (χ4v) is 3.59. The predicted octanol–water partition coefficient (Wildman–Crippen LogP) is 3.64. The van der Waals surface area contributed by atoms with Crippen molar-refractivity contribution in [3.05, 3.63) is 35.6 Å². The van der Waals surface area contributed by atoms with E-state index in [2.05, 4.69) is 20.5 Å². The molecule has 1 aliphatic heterocycles. The van der Waals surface area contributed by atoms with E-state index in [0.717, 1.165) is 76.1 Å². The van der Waals surface area contributed by atoms with Gasteiger partial charge in [-0.1, -0.05) is 18.2 Å². The van der Waals surface area contributed by atoms with Gasteiger partial charge in [-0.15, -0.1) is 24.0 Å². The topological polar surface area (TPSA) is 48.9 Å². The molecule has 29 heavy (non-hydrogen) atoms. The Balaban J connectivity index is 0.00000300. The molecule has 3 rings (SSSR count). The van der Waals surface area contributed by atoms with Gasteiger partial charge >= 0.3 is 0 Å². The van der Waals surface area contributed by atoms with Gasteiger partial charge in [0.15, 0.2) is 5.96 Å². The first kappa shape index (κ1) is 24.3. The molecule has 2 fully saturated rings. The Labute approximate surface area is 191 Å². The number of aliphatic imine (C=N–C) groups is 1. The Morgan fingerprint density at radius 1 is 1.14 bits per heavy atom. The van der Waals surface area contributed by atoms with Crippen LogP contribution in [0, 0.1) is 17.7 Å². The van der Waals surface area contributed by atoms with Crippen LogP contribution in [0.15, 0.2) is 29.3 Å². The van der Waals surface area contributed by atoms with Crippen molar-refractivity contribution in [2.75, 3.05) is 46.4 Å². The summed E-state index contributed by atoms with van der Waals surface area (Å²) in [6.07, 6.45) is 5.95. The van der Waals surface area contributed by atoms with Crippen LogP contribution in [-0.4, -0.2) is 57.3 Å². The molecule has 0 bridgehead atoms. The molecule has 2 aliphatic rings. The Bertz CT molecular complexity index is 619. The van der Waals surface area contributed by atoms with Gasteiger partial charge in [0, 0.05) is 45.5 Å². The molecular weight excluding hydrogens is 482 g/mol. The highest BCUT2D eigenvalue weighted by atomic mass is 127. The van der Waals surface area contributed by atoms with E-state index >= 15 is 0 Å². The monoisotopic (exact) mass is 518 g/mol. The Kier molecular flexibility index (Phi) is 11.2. The summed E-state index contributed by atoms with van der Waals surface area (Å²) < 4.78 is 19.5. The number of nitrogens with one attached hydrogen (secondary N) is 2. The standard InChI is InChI=1S/C22H35FN4O.HI/c1-24-22(25-11-4-14-28-17-19-7-8-19)26-15-18-9-12-27(13-10-18)16-20-5-2-3-6-21(20)23;/h2-3,5-6,18-19H,4,7-17H2,1H3,(H2,24,25,26);1H. The summed E-state index contributed by atoms with van der Waals surface area (Å²) in [5, 5.41) is 6.82. The number of hydrogen-bond donors (Lipinski definition) is 2. The summed E-state index contributed by atoms with van der Waals surface area (Å²) in [5.74, 6) is 2.24. The molecule has 0 atom stereocenters. The van der Waals surface area contributed by atoms with E-state index < -0.39 is 0 Å². The molecule has 1 aromatic rings. The minimum absolute atomic E-state index is 0. The Morgan fingerprint density at radius 2 is 1.90 bits per heavy atom. The van der Waals surface area contributed by atoms with Crippen LogP contribution in [-0.2, 0) is 11.3 Å². The van der Waals surface area contributed by atoms with Gasteiger partial charge in [0.05, 0.1) is 0 Å². The van der Waals surface area contributed by atoms with Gasteiger partial charge in [0.25, 0.3) is 0 Å². The largest absolute Gasteiger partial charge is 0.381 e. The molecule has 164 valence electrons. The van der Waals surface area contributed by atoms with Crippen molar-refractivity contribution in [3.63, 3.8) is 0 Å².